The van der Waals surface area contributed by atoms with E-state index in [-0.39, 0.29) is 5.91 Å². The third kappa shape index (κ3) is 4.75. The Kier molecular flexibility index (Phi) is 6.20. The highest BCUT2D eigenvalue weighted by Gasteiger charge is 2.18. The Morgan fingerprint density at radius 2 is 1.93 bits per heavy atom. The van der Waals surface area contributed by atoms with Gasteiger partial charge in [0.15, 0.2) is 0 Å². The van der Waals surface area contributed by atoms with Crippen LogP contribution >= 0.6 is 11.3 Å². The molecule has 0 radical (unpaired) electrons. The number of ether oxygens (including phenoxy) is 1. The van der Waals surface area contributed by atoms with E-state index in [1.54, 1.807) is 24.6 Å². The lowest BCUT2D eigenvalue weighted by Crippen LogP contribution is -2.25. The lowest BCUT2D eigenvalue weighted by Gasteiger charge is -2.05. The second-order valence-electron chi connectivity index (χ2n) is 6.73. The Morgan fingerprint density at radius 1 is 1.13 bits per heavy atom. The molecule has 0 unspecified atom stereocenters. The van der Waals surface area contributed by atoms with Crippen LogP contribution in [0.25, 0.3) is 11.3 Å². The van der Waals surface area contributed by atoms with Gasteiger partial charge in [0, 0.05) is 36.3 Å². The van der Waals surface area contributed by atoms with Crippen molar-refractivity contribution in [1.29, 1.82) is 0 Å². The average Bonchev–Trinajstić information content (AvgIpc) is 3.45. The number of carbonyl (C=O) groups excluding carboxylic acids is 1. The van der Waals surface area contributed by atoms with E-state index >= 15 is 0 Å². The molecule has 2 aromatic carbocycles. The number of methoxy groups -OCH3 is 1. The largest absolute Gasteiger partial charge is 0.497 e. The van der Waals surface area contributed by atoms with Crippen LogP contribution in [-0.2, 0) is 13.0 Å². The van der Waals surface area contributed by atoms with E-state index in [4.69, 9.17) is 9.84 Å². The highest BCUT2D eigenvalue weighted by atomic mass is 32.1. The van der Waals surface area contributed by atoms with Crippen LogP contribution in [-0.4, -0.2) is 34.3 Å². The summed E-state index contributed by atoms with van der Waals surface area (Å²) in [7, 11) is 1.63. The van der Waals surface area contributed by atoms with Gasteiger partial charge in [-0.1, -0.05) is 30.3 Å². The molecule has 1 amide bonds. The van der Waals surface area contributed by atoms with Crippen molar-refractivity contribution in [2.75, 3.05) is 13.7 Å². The minimum atomic E-state index is -0.142. The second kappa shape index (κ2) is 9.37. The van der Waals surface area contributed by atoms with Crippen LogP contribution in [0.15, 0.2) is 72.4 Å². The summed E-state index contributed by atoms with van der Waals surface area (Å²) in [5.41, 5.74) is 3.19. The summed E-state index contributed by atoms with van der Waals surface area (Å²) in [5, 5.41) is 10.7. The number of nitrogens with one attached hydrogen (secondary N) is 1. The Balaban J connectivity index is 1.57. The summed E-state index contributed by atoms with van der Waals surface area (Å²) in [6.07, 6.45) is 4.29. The molecule has 152 valence electrons. The summed E-state index contributed by atoms with van der Waals surface area (Å²) < 4.78 is 7.06. The first kappa shape index (κ1) is 19.8. The summed E-state index contributed by atoms with van der Waals surface area (Å²) in [5.74, 6) is 0.619. The highest BCUT2D eigenvalue weighted by molar-refractivity contribution is 7.09. The maximum absolute atomic E-state index is 13.0. The van der Waals surface area contributed by atoms with Gasteiger partial charge in [0.2, 0.25) is 0 Å². The van der Waals surface area contributed by atoms with E-state index in [1.807, 2.05) is 70.9 Å². The number of thiazole rings is 1. The number of nitrogens with zero attached hydrogens (tertiary/aromatic N) is 3. The first-order valence-corrected chi connectivity index (χ1v) is 10.5. The number of hydrogen-bond donors (Lipinski definition) is 1. The molecule has 6 nitrogen and oxygen atoms in total. The summed E-state index contributed by atoms with van der Waals surface area (Å²) in [6.45, 7) is 1.12. The van der Waals surface area contributed by atoms with E-state index in [2.05, 4.69) is 10.3 Å². The molecule has 2 heterocycles. The summed E-state index contributed by atoms with van der Waals surface area (Å²) >= 11 is 1.59. The van der Waals surface area contributed by atoms with Crippen molar-refractivity contribution in [3.05, 3.63) is 88.5 Å². The average molecular weight is 419 g/mol. The normalized spacial score (nSPS) is 10.7. The minimum absolute atomic E-state index is 0.142. The first-order chi connectivity index (χ1) is 14.7. The number of benzene rings is 2. The van der Waals surface area contributed by atoms with Gasteiger partial charge in [0.1, 0.15) is 11.4 Å². The molecule has 0 spiro atoms. The van der Waals surface area contributed by atoms with Gasteiger partial charge in [-0.25, -0.2) is 4.98 Å². The van der Waals surface area contributed by atoms with E-state index in [0.29, 0.717) is 30.8 Å². The van der Waals surface area contributed by atoms with Gasteiger partial charge < -0.3 is 10.1 Å². The fourth-order valence-electron chi connectivity index (χ4n) is 3.16. The van der Waals surface area contributed by atoms with Crippen LogP contribution in [0.5, 0.6) is 5.75 Å². The van der Waals surface area contributed by atoms with Crippen molar-refractivity contribution in [3.63, 3.8) is 0 Å². The van der Waals surface area contributed by atoms with Gasteiger partial charge in [0.25, 0.3) is 5.91 Å². The standard InChI is InChI=1S/C23H22N4O2S/c1-29-19-9-7-18(8-10-19)22-20(23(28)25-12-11-21-24-13-14-30-21)16-27(26-22)15-17-5-3-2-4-6-17/h2-10,13-14,16H,11-12,15H2,1H3,(H,25,28). The maximum Gasteiger partial charge on any atom is 0.255 e. The molecule has 30 heavy (non-hydrogen) atoms. The zero-order valence-electron chi connectivity index (χ0n) is 16.6. The molecule has 0 saturated heterocycles. The Labute approximate surface area is 179 Å². The van der Waals surface area contributed by atoms with Crippen molar-refractivity contribution < 1.29 is 9.53 Å². The van der Waals surface area contributed by atoms with Crippen molar-refractivity contribution in [2.45, 2.75) is 13.0 Å². The number of aromatic nitrogens is 3. The topological polar surface area (TPSA) is 69.0 Å². The van der Waals surface area contributed by atoms with Gasteiger partial charge in [-0.2, -0.15) is 5.10 Å². The van der Waals surface area contributed by atoms with Crippen molar-refractivity contribution in [1.82, 2.24) is 20.1 Å². The van der Waals surface area contributed by atoms with Crippen LogP contribution in [0.1, 0.15) is 20.9 Å². The fraction of sp³-hybridized carbons (Fsp3) is 0.174. The molecule has 1 N–H and O–H groups in total. The van der Waals surface area contributed by atoms with Gasteiger partial charge >= 0.3 is 0 Å². The third-order valence-electron chi connectivity index (χ3n) is 4.67. The molecule has 7 heteroatoms. The van der Waals surface area contributed by atoms with E-state index < -0.39 is 0 Å². The Hall–Kier alpha value is -3.45. The van der Waals surface area contributed by atoms with Gasteiger partial charge in [-0.15, -0.1) is 11.3 Å². The lowest BCUT2D eigenvalue weighted by molar-refractivity contribution is 0.0954. The molecular weight excluding hydrogens is 396 g/mol. The molecule has 4 rings (SSSR count). The van der Waals surface area contributed by atoms with Crippen molar-refractivity contribution in [3.8, 4) is 17.0 Å². The molecule has 0 bridgehead atoms. The minimum Gasteiger partial charge on any atom is -0.497 e. The maximum atomic E-state index is 13.0. The molecule has 4 aromatic rings. The van der Waals surface area contributed by atoms with Crippen LogP contribution in [0.2, 0.25) is 0 Å². The van der Waals surface area contributed by atoms with Crippen molar-refractivity contribution >= 4 is 17.2 Å². The first-order valence-electron chi connectivity index (χ1n) is 9.65. The molecule has 0 aliphatic heterocycles. The molecule has 0 atom stereocenters. The SMILES string of the molecule is COc1ccc(-c2nn(Cc3ccccc3)cc2C(=O)NCCc2nccs2)cc1. The zero-order valence-corrected chi connectivity index (χ0v) is 17.4. The Morgan fingerprint density at radius 3 is 2.63 bits per heavy atom. The van der Waals surface area contributed by atoms with Gasteiger partial charge in [-0.05, 0) is 29.8 Å². The smallest absolute Gasteiger partial charge is 0.255 e. The molecule has 0 fully saturated rings. The lowest BCUT2D eigenvalue weighted by atomic mass is 10.1. The molecule has 0 aliphatic carbocycles. The van der Waals surface area contributed by atoms with E-state index in [9.17, 15) is 4.79 Å². The summed E-state index contributed by atoms with van der Waals surface area (Å²) in [4.78, 5) is 17.2. The second-order valence-corrected chi connectivity index (χ2v) is 7.71. The highest BCUT2D eigenvalue weighted by Crippen LogP contribution is 2.25. The quantitative estimate of drug-likeness (QED) is 0.469. The number of amides is 1. The molecular formula is C23H22N4O2S. The van der Waals surface area contributed by atoms with Crippen molar-refractivity contribution in [2.24, 2.45) is 0 Å². The number of hydrogen-bond acceptors (Lipinski definition) is 5. The van der Waals surface area contributed by atoms with Gasteiger partial charge in [0.05, 0.1) is 24.2 Å². The van der Waals surface area contributed by atoms with Crippen LogP contribution in [0.3, 0.4) is 0 Å². The predicted molar refractivity (Wildman–Crippen MR) is 118 cm³/mol. The molecule has 2 aromatic heterocycles. The number of carbonyl (C=O) groups is 1. The van der Waals surface area contributed by atoms with Crippen LogP contribution in [0.4, 0.5) is 0 Å². The molecule has 0 aliphatic rings. The monoisotopic (exact) mass is 418 g/mol. The van der Waals surface area contributed by atoms with E-state index in [1.165, 1.54) is 0 Å². The summed E-state index contributed by atoms with van der Waals surface area (Å²) in [6, 6.07) is 17.6. The Bertz CT molecular complexity index is 1090. The zero-order chi connectivity index (χ0) is 20.8. The number of rotatable bonds is 8. The van der Waals surface area contributed by atoms with Crippen LogP contribution < -0.4 is 10.1 Å². The molecule has 0 saturated carbocycles. The van der Waals surface area contributed by atoms with Gasteiger partial charge in [-0.3, -0.25) is 9.48 Å². The third-order valence-corrected chi connectivity index (χ3v) is 5.50. The predicted octanol–water partition coefficient (Wildman–Crippen LogP) is 4.04. The van der Waals surface area contributed by atoms with Crippen LogP contribution in [0, 0.1) is 0 Å². The van der Waals surface area contributed by atoms with E-state index in [0.717, 1.165) is 21.9 Å². The fourth-order valence-corrected chi connectivity index (χ4v) is 3.78.